The van der Waals surface area contributed by atoms with Crippen molar-refractivity contribution in [2.75, 3.05) is 53.6 Å². The van der Waals surface area contributed by atoms with Gasteiger partial charge in [0.05, 0.1) is 33.5 Å². The van der Waals surface area contributed by atoms with E-state index in [4.69, 9.17) is 14.2 Å². The molecule has 6 heteroatoms. The van der Waals surface area contributed by atoms with Crippen molar-refractivity contribution in [3.05, 3.63) is 23.8 Å². The Hall–Kier alpha value is -1.34. The lowest BCUT2D eigenvalue weighted by molar-refractivity contribution is 0.0145. The zero-order chi connectivity index (χ0) is 16.7. The molecule has 0 saturated carbocycles. The molecule has 23 heavy (non-hydrogen) atoms. The van der Waals surface area contributed by atoms with Gasteiger partial charge in [0, 0.05) is 37.8 Å². The molecule has 2 rings (SSSR count). The molecule has 0 aromatic heterocycles. The van der Waals surface area contributed by atoms with E-state index in [0.29, 0.717) is 13.1 Å². The standard InChI is InChI=1S/C17H28N2O4/c1-13(16-10-15(21-2)4-5-17(16)22-3)18-11-14(20)12-19-6-8-23-9-7-19/h4-5,10,13-14,18,20H,6-9,11-12H2,1-3H3. The molecule has 2 unspecified atom stereocenters. The van der Waals surface area contributed by atoms with E-state index in [9.17, 15) is 5.11 Å². The lowest BCUT2D eigenvalue weighted by atomic mass is 10.1. The molecule has 0 bridgehead atoms. The molecule has 2 atom stereocenters. The number of benzene rings is 1. The summed E-state index contributed by atoms with van der Waals surface area (Å²) in [6.45, 7) is 6.51. The fraction of sp³-hybridized carbons (Fsp3) is 0.647. The average molecular weight is 324 g/mol. The van der Waals surface area contributed by atoms with E-state index >= 15 is 0 Å². The van der Waals surface area contributed by atoms with Gasteiger partial charge in [0.25, 0.3) is 0 Å². The predicted molar refractivity (Wildman–Crippen MR) is 89.2 cm³/mol. The molecule has 6 nitrogen and oxygen atoms in total. The van der Waals surface area contributed by atoms with Crippen LogP contribution in [-0.2, 0) is 4.74 Å². The largest absolute Gasteiger partial charge is 0.497 e. The Kier molecular flexibility index (Phi) is 7.11. The third kappa shape index (κ3) is 5.35. The highest BCUT2D eigenvalue weighted by molar-refractivity contribution is 5.42. The van der Waals surface area contributed by atoms with Crippen molar-refractivity contribution >= 4 is 0 Å². The molecule has 1 aliphatic heterocycles. The summed E-state index contributed by atoms with van der Waals surface area (Å²) in [5, 5.41) is 13.6. The summed E-state index contributed by atoms with van der Waals surface area (Å²) in [5.74, 6) is 1.61. The van der Waals surface area contributed by atoms with Crippen LogP contribution in [0.25, 0.3) is 0 Å². The summed E-state index contributed by atoms with van der Waals surface area (Å²) in [6, 6.07) is 5.79. The highest BCUT2D eigenvalue weighted by Crippen LogP contribution is 2.29. The summed E-state index contributed by atoms with van der Waals surface area (Å²) < 4.78 is 16.0. The highest BCUT2D eigenvalue weighted by atomic mass is 16.5. The highest BCUT2D eigenvalue weighted by Gasteiger charge is 2.17. The summed E-state index contributed by atoms with van der Waals surface area (Å²) in [4.78, 5) is 2.23. The van der Waals surface area contributed by atoms with Gasteiger partial charge in [-0.15, -0.1) is 0 Å². The van der Waals surface area contributed by atoms with E-state index in [2.05, 4.69) is 17.1 Å². The molecule has 0 aliphatic carbocycles. The Bertz CT molecular complexity index is 478. The molecule has 1 aliphatic rings. The minimum atomic E-state index is -0.410. The van der Waals surface area contributed by atoms with Gasteiger partial charge >= 0.3 is 0 Å². The number of aliphatic hydroxyl groups is 1. The second-order valence-corrected chi connectivity index (χ2v) is 5.80. The van der Waals surface area contributed by atoms with E-state index in [1.165, 1.54) is 0 Å². The van der Waals surface area contributed by atoms with Gasteiger partial charge < -0.3 is 24.6 Å². The number of nitrogens with zero attached hydrogens (tertiary/aromatic N) is 1. The predicted octanol–water partition coefficient (Wildman–Crippen LogP) is 1.05. The van der Waals surface area contributed by atoms with Crippen LogP contribution in [0, 0.1) is 0 Å². The molecule has 1 heterocycles. The molecular formula is C17H28N2O4. The fourth-order valence-corrected chi connectivity index (χ4v) is 2.75. The maximum Gasteiger partial charge on any atom is 0.123 e. The van der Waals surface area contributed by atoms with Crippen molar-refractivity contribution in [3.63, 3.8) is 0 Å². The summed E-state index contributed by atoms with van der Waals surface area (Å²) in [7, 11) is 3.31. The van der Waals surface area contributed by atoms with Gasteiger partial charge in [-0.2, -0.15) is 0 Å². The van der Waals surface area contributed by atoms with Crippen molar-refractivity contribution < 1.29 is 19.3 Å². The van der Waals surface area contributed by atoms with Crippen molar-refractivity contribution in [1.29, 1.82) is 0 Å². The van der Waals surface area contributed by atoms with Crippen LogP contribution in [0.3, 0.4) is 0 Å². The zero-order valence-electron chi connectivity index (χ0n) is 14.2. The van der Waals surface area contributed by atoms with E-state index in [0.717, 1.165) is 43.4 Å². The maximum absolute atomic E-state index is 10.2. The number of ether oxygens (including phenoxy) is 3. The minimum absolute atomic E-state index is 0.0550. The van der Waals surface area contributed by atoms with Crippen LogP contribution in [0.2, 0.25) is 0 Å². The molecular weight excluding hydrogens is 296 g/mol. The molecule has 1 aromatic rings. The molecule has 130 valence electrons. The summed E-state index contributed by atoms with van der Waals surface area (Å²) in [6.07, 6.45) is -0.410. The molecule has 2 N–H and O–H groups in total. The first kappa shape index (κ1) is 18.0. The van der Waals surface area contributed by atoms with E-state index in [-0.39, 0.29) is 6.04 Å². The topological polar surface area (TPSA) is 63.2 Å². The van der Waals surface area contributed by atoms with Crippen LogP contribution in [-0.4, -0.2) is 69.7 Å². The molecule has 0 amide bonds. The van der Waals surface area contributed by atoms with Crippen LogP contribution < -0.4 is 14.8 Å². The Morgan fingerprint density at radius 2 is 2.00 bits per heavy atom. The minimum Gasteiger partial charge on any atom is -0.497 e. The van der Waals surface area contributed by atoms with Crippen molar-refractivity contribution in [3.8, 4) is 11.5 Å². The van der Waals surface area contributed by atoms with Gasteiger partial charge in [-0.05, 0) is 25.1 Å². The van der Waals surface area contributed by atoms with Gasteiger partial charge in [-0.1, -0.05) is 0 Å². The molecule has 0 radical (unpaired) electrons. The number of morpholine rings is 1. The quantitative estimate of drug-likeness (QED) is 0.745. The van der Waals surface area contributed by atoms with E-state index < -0.39 is 6.10 Å². The van der Waals surface area contributed by atoms with Gasteiger partial charge in [-0.25, -0.2) is 0 Å². The lowest BCUT2D eigenvalue weighted by Crippen LogP contribution is -2.44. The summed E-state index contributed by atoms with van der Waals surface area (Å²) in [5.41, 5.74) is 1.02. The Balaban J connectivity index is 1.87. The second kappa shape index (κ2) is 9.08. The zero-order valence-corrected chi connectivity index (χ0v) is 14.2. The van der Waals surface area contributed by atoms with Crippen LogP contribution in [0.4, 0.5) is 0 Å². The Labute approximate surface area is 138 Å². The van der Waals surface area contributed by atoms with Crippen molar-refractivity contribution in [2.45, 2.75) is 19.1 Å². The summed E-state index contributed by atoms with van der Waals surface area (Å²) >= 11 is 0. The van der Waals surface area contributed by atoms with Crippen LogP contribution >= 0.6 is 0 Å². The van der Waals surface area contributed by atoms with Gasteiger partial charge in [0.1, 0.15) is 11.5 Å². The van der Waals surface area contributed by atoms with Gasteiger partial charge in [0.15, 0.2) is 0 Å². The number of hydrogen-bond donors (Lipinski definition) is 2. The maximum atomic E-state index is 10.2. The van der Waals surface area contributed by atoms with Crippen LogP contribution in [0.5, 0.6) is 11.5 Å². The number of nitrogens with one attached hydrogen (secondary N) is 1. The normalized spacial score (nSPS) is 18.4. The smallest absolute Gasteiger partial charge is 0.123 e. The second-order valence-electron chi connectivity index (χ2n) is 5.80. The monoisotopic (exact) mass is 324 g/mol. The third-order valence-electron chi connectivity index (χ3n) is 4.14. The van der Waals surface area contributed by atoms with Crippen LogP contribution in [0.15, 0.2) is 18.2 Å². The van der Waals surface area contributed by atoms with Gasteiger partial charge in [-0.3, -0.25) is 4.90 Å². The Morgan fingerprint density at radius 3 is 2.65 bits per heavy atom. The number of hydrogen-bond acceptors (Lipinski definition) is 6. The van der Waals surface area contributed by atoms with Crippen LogP contribution in [0.1, 0.15) is 18.5 Å². The Morgan fingerprint density at radius 1 is 1.26 bits per heavy atom. The first-order chi connectivity index (χ1) is 11.1. The van der Waals surface area contributed by atoms with Crippen molar-refractivity contribution in [2.24, 2.45) is 0 Å². The average Bonchev–Trinajstić information content (AvgIpc) is 2.60. The molecule has 1 saturated heterocycles. The number of rotatable bonds is 8. The van der Waals surface area contributed by atoms with Gasteiger partial charge in [0.2, 0.25) is 0 Å². The molecule has 1 aromatic carbocycles. The first-order valence-corrected chi connectivity index (χ1v) is 8.07. The lowest BCUT2D eigenvalue weighted by Gasteiger charge is -2.29. The number of aliphatic hydroxyl groups excluding tert-OH is 1. The SMILES string of the molecule is COc1ccc(OC)c(C(C)NCC(O)CN2CCOCC2)c1. The fourth-order valence-electron chi connectivity index (χ4n) is 2.75. The number of methoxy groups -OCH3 is 2. The first-order valence-electron chi connectivity index (χ1n) is 8.07. The molecule has 0 spiro atoms. The van der Waals surface area contributed by atoms with Crippen molar-refractivity contribution in [1.82, 2.24) is 10.2 Å². The van der Waals surface area contributed by atoms with E-state index in [1.54, 1.807) is 14.2 Å². The third-order valence-corrected chi connectivity index (χ3v) is 4.14. The number of β-amino-alcohol motifs (C(OH)–C–C–N with tert-alkyl or cyclic N) is 1. The molecule has 1 fully saturated rings. The van der Waals surface area contributed by atoms with E-state index in [1.807, 2.05) is 18.2 Å².